The van der Waals surface area contributed by atoms with Crippen LogP contribution in [0.15, 0.2) is 261 Å². The first-order valence-corrected chi connectivity index (χ1v) is 23.2. The van der Waals surface area contributed by atoms with Gasteiger partial charge in [0.15, 0.2) is 0 Å². The van der Waals surface area contributed by atoms with Gasteiger partial charge in [-0.15, -0.1) is 0 Å². The minimum atomic E-state index is 0.144. The molecule has 12 aromatic rings. The second-order valence-electron chi connectivity index (χ2n) is 17.7. The summed E-state index contributed by atoms with van der Waals surface area (Å²) in [5.74, 6) is 0.144. The van der Waals surface area contributed by atoms with Crippen molar-refractivity contribution in [3.05, 3.63) is 278 Å². The summed E-state index contributed by atoms with van der Waals surface area (Å²) in [4.78, 5) is 2.44. The van der Waals surface area contributed by atoms with E-state index in [-0.39, 0.29) is 5.92 Å². The van der Waals surface area contributed by atoms with Gasteiger partial charge >= 0.3 is 0 Å². The van der Waals surface area contributed by atoms with Crippen molar-refractivity contribution in [3.8, 4) is 50.2 Å². The molecule has 1 aromatic heterocycles. The Labute approximate surface area is 390 Å². The third kappa shape index (κ3) is 6.73. The van der Waals surface area contributed by atoms with Gasteiger partial charge in [0.05, 0.1) is 11.0 Å². The van der Waals surface area contributed by atoms with E-state index in [1.807, 2.05) is 0 Å². The lowest BCUT2D eigenvalue weighted by Crippen LogP contribution is -2.11. The predicted molar refractivity (Wildman–Crippen MR) is 282 cm³/mol. The van der Waals surface area contributed by atoms with Crippen LogP contribution >= 0.6 is 0 Å². The second-order valence-corrected chi connectivity index (χ2v) is 17.7. The van der Waals surface area contributed by atoms with Crippen molar-refractivity contribution in [2.45, 2.75) is 5.92 Å². The zero-order valence-corrected chi connectivity index (χ0v) is 36.8. The van der Waals surface area contributed by atoms with Gasteiger partial charge in [0.2, 0.25) is 0 Å². The zero-order chi connectivity index (χ0) is 44.3. The highest BCUT2D eigenvalue weighted by atomic mass is 15.1. The van der Waals surface area contributed by atoms with Gasteiger partial charge in [0, 0.05) is 39.4 Å². The quantitative estimate of drug-likeness (QED) is 0.148. The number of hydrogen-bond donors (Lipinski definition) is 0. The smallest absolute Gasteiger partial charge is 0.0541 e. The lowest BCUT2D eigenvalue weighted by atomic mass is 9.89. The molecule has 0 aliphatic heterocycles. The topological polar surface area (TPSA) is 8.17 Å². The largest absolute Gasteiger partial charge is 0.310 e. The third-order valence-corrected chi connectivity index (χ3v) is 13.8. The maximum atomic E-state index is 2.44. The molecular weight excluding hydrogens is 809 g/mol. The molecule has 0 spiro atoms. The number of para-hydroxylation sites is 2. The number of hydrogen-bond acceptors (Lipinski definition) is 1. The summed E-state index contributed by atoms with van der Waals surface area (Å²) in [6, 6.07) is 95.8. The van der Waals surface area contributed by atoms with Crippen molar-refractivity contribution < 1.29 is 0 Å². The summed E-state index contributed by atoms with van der Waals surface area (Å²) in [6.45, 7) is 0. The molecule has 2 nitrogen and oxygen atoms in total. The molecule has 1 aliphatic carbocycles. The Kier molecular flexibility index (Phi) is 9.28. The van der Waals surface area contributed by atoms with Crippen LogP contribution in [0, 0.1) is 0 Å². The molecular formula is C65H44N2. The molecule has 1 heterocycles. The fourth-order valence-electron chi connectivity index (χ4n) is 10.7. The lowest BCUT2D eigenvalue weighted by Gasteiger charge is -2.27. The van der Waals surface area contributed by atoms with Gasteiger partial charge in [-0.05, 0) is 151 Å². The number of benzene rings is 11. The standard InChI is InChI=1S/C65H44N2/c1-4-16-44(17-5-1)49-30-31-51-41-55(34-32-50(51)39-49)66(56-35-36-58-57-26-10-11-28-60(57)65(62(58)43-56)45-18-6-2-7-19-45)54-25-15-22-48(40-54)46-20-14-21-47(38-46)52-33-37-64-61(42-52)59-27-12-13-29-63(59)67(64)53-23-8-3-9-24-53/h1-43,65H. The van der Waals surface area contributed by atoms with Gasteiger partial charge in [-0.1, -0.05) is 182 Å². The Morgan fingerprint density at radius 1 is 0.299 bits per heavy atom. The van der Waals surface area contributed by atoms with Crippen molar-refractivity contribution in [2.24, 2.45) is 0 Å². The van der Waals surface area contributed by atoms with E-state index < -0.39 is 0 Å². The summed E-state index contributed by atoms with van der Waals surface area (Å²) < 4.78 is 2.38. The number of anilines is 3. The minimum absolute atomic E-state index is 0.144. The van der Waals surface area contributed by atoms with Crippen molar-refractivity contribution in [2.75, 3.05) is 4.90 Å². The zero-order valence-electron chi connectivity index (χ0n) is 36.8. The summed E-state index contributed by atoms with van der Waals surface area (Å²) in [7, 11) is 0. The van der Waals surface area contributed by atoms with Gasteiger partial charge in [-0.3, -0.25) is 0 Å². The molecule has 0 saturated heterocycles. The van der Waals surface area contributed by atoms with E-state index >= 15 is 0 Å². The Morgan fingerprint density at radius 2 is 0.851 bits per heavy atom. The summed E-state index contributed by atoms with van der Waals surface area (Å²) in [6.07, 6.45) is 0. The highest BCUT2D eigenvalue weighted by molar-refractivity contribution is 6.10. The van der Waals surface area contributed by atoms with E-state index in [1.165, 1.54) is 93.9 Å². The van der Waals surface area contributed by atoms with E-state index in [4.69, 9.17) is 0 Å². The number of rotatable bonds is 8. The molecule has 0 bridgehead atoms. The van der Waals surface area contributed by atoms with E-state index in [1.54, 1.807) is 0 Å². The molecule has 0 radical (unpaired) electrons. The van der Waals surface area contributed by atoms with E-state index in [0.29, 0.717) is 0 Å². The molecule has 13 rings (SSSR count). The number of aromatic nitrogens is 1. The molecule has 67 heavy (non-hydrogen) atoms. The van der Waals surface area contributed by atoms with Crippen LogP contribution in [0.2, 0.25) is 0 Å². The molecule has 11 aromatic carbocycles. The van der Waals surface area contributed by atoms with Crippen LogP contribution in [0.1, 0.15) is 22.6 Å². The molecule has 0 amide bonds. The first-order valence-electron chi connectivity index (χ1n) is 23.2. The molecule has 2 heteroatoms. The monoisotopic (exact) mass is 852 g/mol. The van der Waals surface area contributed by atoms with E-state index in [0.717, 1.165) is 22.6 Å². The second kappa shape index (κ2) is 16.1. The van der Waals surface area contributed by atoms with Crippen molar-refractivity contribution in [3.63, 3.8) is 0 Å². The van der Waals surface area contributed by atoms with Crippen LogP contribution < -0.4 is 4.90 Å². The molecule has 314 valence electrons. The van der Waals surface area contributed by atoms with Crippen LogP contribution in [-0.4, -0.2) is 4.57 Å². The molecule has 0 fully saturated rings. The van der Waals surface area contributed by atoms with Crippen LogP contribution in [0.25, 0.3) is 82.8 Å². The minimum Gasteiger partial charge on any atom is -0.310 e. The van der Waals surface area contributed by atoms with Crippen molar-refractivity contribution in [1.82, 2.24) is 4.57 Å². The van der Waals surface area contributed by atoms with Crippen LogP contribution in [-0.2, 0) is 0 Å². The first kappa shape index (κ1) is 38.7. The Balaban J connectivity index is 0.928. The van der Waals surface area contributed by atoms with E-state index in [2.05, 4.69) is 270 Å². The fourth-order valence-corrected chi connectivity index (χ4v) is 10.7. The van der Waals surface area contributed by atoms with Gasteiger partial charge < -0.3 is 9.47 Å². The van der Waals surface area contributed by atoms with Gasteiger partial charge in [-0.25, -0.2) is 0 Å². The molecule has 0 N–H and O–H groups in total. The average Bonchev–Trinajstić information content (AvgIpc) is 3.92. The SMILES string of the molecule is c1ccc(-c2ccc3cc(N(c4cccc(-c5cccc(-c6ccc7c(c6)c6ccccc6n7-c6ccccc6)c5)c4)c4ccc5c(c4)C(c4ccccc4)c4ccccc4-5)ccc3c2)cc1. The van der Waals surface area contributed by atoms with Crippen LogP contribution in [0.3, 0.4) is 0 Å². The predicted octanol–water partition coefficient (Wildman–Crippen LogP) is 17.6. The van der Waals surface area contributed by atoms with Crippen LogP contribution in [0.5, 0.6) is 0 Å². The fraction of sp³-hybridized carbons (Fsp3) is 0.0154. The summed E-state index contributed by atoms with van der Waals surface area (Å²) >= 11 is 0. The molecule has 1 aliphatic rings. The number of fused-ring (bicyclic) bond motifs is 7. The number of nitrogens with zero attached hydrogens (tertiary/aromatic N) is 2. The Hall–Kier alpha value is -8.72. The molecule has 0 saturated carbocycles. The molecule has 1 atom stereocenters. The lowest BCUT2D eigenvalue weighted by molar-refractivity contribution is 1.01. The Morgan fingerprint density at radius 3 is 1.69 bits per heavy atom. The normalized spacial score (nSPS) is 12.9. The van der Waals surface area contributed by atoms with Crippen LogP contribution in [0.4, 0.5) is 17.1 Å². The highest BCUT2D eigenvalue weighted by Crippen LogP contribution is 2.50. The summed E-state index contributed by atoms with van der Waals surface area (Å²) in [5.41, 5.74) is 20.7. The van der Waals surface area contributed by atoms with Gasteiger partial charge in [0.25, 0.3) is 0 Å². The molecule has 1 unspecified atom stereocenters. The van der Waals surface area contributed by atoms with Gasteiger partial charge in [0.1, 0.15) is 0 Å². The third-order valence-electron chi connectivity index (χ3n) is 13.8. The summed E-state index contributed by atoms with van der Waals surface area (Å²) in [5, 5.41) is 4.92. The first-order chi connectivity index (χ1) is 33.2. The maximum absolute atomic E-state index is 2.44. The van der Waals surface area contributed by atoms with Crippen molar-refractivity contribution >= 4 is 49.6 Å². The van der Waals surface area contributed by atoms with E-state index in [9.17, 15) is 0 Å². The highest BCUT2D eigenvalue weighted by Gasteiger charge is 2.31. The van der Waals surface area contributed by atoms with Crippen molar-refractivity contribution in [1.29, 1.82) is 0 Å². The maximum Gasteiger partial charge on any atom is 0.0541 e. The Bertz CT molecular complexity index is 3810. The average molecular weight is 853 g/mol. The van der Waals surface area contributed by atoms with Gasteiger partial charge in [-0.2, -0.15) is 0 Å².